The normalized spacial score (nSPS) is 11.6. The number of aromatic nitrogens is 1. The SMILES string of the molecule is CS(=O)(=O)Cc1ccc(C(=O)Nc2nc3c(Cl)cccc3s2)cc1. The zero-order valence-electron chi connectivity index (χ0n) is 12.6. The van der Waals surface area contributed by atoms with Gasteiger partial charge in [0.25, 0.3) is 5.91 Å². The maximum atomic E-state index is 12.3. The molecule has 1 heterocycles. The van der Waals surface area contributed by atoms with E-state index in [-0.39, 0.29) is 11.7 Å². The van der Waals surface area contributed by atoms with Gasteiger partial charge in [-0.1, -0.05) is 41.1 Å². The van der Waals surface area contributed by atoms with Gasteiger partial charge in [0, 0.05) is 11.8 Å². The van der Waals surface area contributed by atoms with Gasteiger partial charge in [-0.2, -0.15) is 0 Å². The van der Waals surface area contributed by atoms with Gasteiger partial charge in [-0.3, -0.25) is 10.1 Å². The number of nitrogens with zero attached hydrogens (tertiary/aromatic N) is 1. The minimum atomic E-state index is -3.10. The van der Waals surface area contributed by atoms with E-state index in [1.807, 2.05) is 12.1 Å². The van der Waals surface area contributed by atoms with Gasteiger partial charge in [0.15, 0.2) is 15.0 Å². The van der Waals surface area contributed by atoms with E-state index in [4.69, 9.17) is 11.6 Å². The van der Waals surface area contributed by atoms with Crippen LogP contribution in [0, 0.1) is 0 Å². The van der Waals surface area contributed by atoms with Crippen LogP contribution in [0.1, 0.15) is 15.9 Å². The highest BCUT2D eigenvalue weighted by Crippen LogP contribution is 2.30. The number of hydrogen-bond acceptors (Lipinski definition) is 5. The lowest BCUT2D eigenvalue weighted by Gasteiger charge is -2.03. The Balaban J connectivity index is 1.77. The summed E-state index contributed by atoms with van der Waals surface area (Å²) in [5.41, 5.74) is 1.72. The number of rotatable bonds is 4. The van der Waals surface area contributed by atoms with E-state index in [9.17, 15) is 13.2 Å². The second-order valence-electron chi connectivity index (χ2n) is 5.33. The average Bonchev–Trinajstić information content (AvgIpc) is 2.90. The van der Waals surface area contributed by atoms with Gasteiger partial charge in [0.05, 0.1) is 15.5 Å². The van der Waals surface area contributed by atoms with Crippen molar-refractivity contribution in [3.8, 4) is 0 Å². The van der Waals surface area contributed by atoms with Crippen LogP contribution in [-0.2, 0) is 15.6 Å². The first-order chi connectivity index (χ1) is 11.3. The molecule has 1 aromatic heterocycles. The van der Waals surface area contributed by atoms with Crippen LogP contribution in [0.5, 0.6) is 0 Å². The molecule has 0 aliphatic heterocycles. The van der Waals surface area contributed by atoms with E-state index >= 15 is 0 Å². The fourth-order valence-corrected chi connectivity index (χ4v) is 4.15. The third-order valence-electron chi connectivity index (χ3n) is 3.24. The highest BCUT2D eigenvalue weighted by molar-refractivity contribution is 7.89. The van der Waals surface area contributed by atoms with E-state index in [0.717, 1.165) is 4.70 Å². The summed E-state index contributed by atoms with van der Waals surface area (Å²) in [4.78, 5) is 16.6. The molecule has 1 amide bonds. The Morgan fingerprint density at radius 2 is 1.92 bits per heavy atom. The summed E-state index contributed by atoms with van der Waals surface area (Å²) in [5, 5.41) is 3.73. The fraction of sp³-hybridized carbons (Fsp3) is 0.125. The second-order valence-corrected chi connectivity index (χ2v) is 8.90. The van der Waals surface area contributed by atoms with Gasteiger partial charge in [-0.05, 0) is 29.8 Å². The summed E-state index contributed by atoms with van der Waals surface area (Å²) in [6.45, 7) is 0. The first-order valence-corrected chi connectivity index (χ1v) is 10.2. The predicted molar refractivity (Wildman–Crippen MR) is 97.6 cm³/mol. The molecule has 0 aliphatic rings. The van der Waals surface area contributed by atoms with Gasteiger partial charge in [0.2, 0.25) is 0 Å². The van der Waals surface area contributed by atoms with Crippen LogP contribution in [0.3, 0.4) is 0 Å². The molecule has 5 nitrogen and oxygen atoms in total. The minimum Gasteiger partial charge on any atom is -0.298 e. The molecule has 24 heavy (non-hydrogen) atoms. The molecule has 124 valence electrons. The van der Waals surface area contributed by atoms with Gasteiger partial charge in [-0.25, -0.2) is 13.4 Å². The number of benzene rings is 2. The van der Waals surface area contributed by atoms with Gasteiger partial charge in [0.1, 0.15) is 5.52 Å². The largest absolute Gasteiger partial charge is 0.298 e. The monoisotopic (exact) mass is 380 g/mol. The molecule has 3 aromatic rings. The quantitative estimate of drug-likeness (QED) is 0.747. The number of amides is 1. The second kappa shape index (κ2) is 6.51. The Hall–Kier alpha value is -1.96. The number of hydrogen-bond donors (Lipinski definition) is 1. The summed E-state index contributed by atoms with van der Waals surface area (Å²) in [5.74, 6) is -0.360. The number of nitrogens with one attached hydrogen (secondary N) is 1. The first kappa shape index (κ1) is 16.9. The first-order valence-electron chi connectivity index (χ1n) is 6.95. The Morgan fingerprint density at radius 3 is 2.54 bits per heavy atom. The summed E-state index contributed by atoms with van der Waals surface area (Å²) < 4.78 is 23.4. The van der Waals surface area contributed by atoms with Crippen molar-refractivity contribution in [2.45, 2.75) is 5.75 Å². The number of anilines is 1. The topological polar surface area (TPSA) is 76.1 Å². The van der Waals surface area contributed by atoms with Crippen molar-refractivity contribution in [2.24, 2.45) is 0 Å². The molecule has 1 N–H and O–H groups in total. The minimum absolute atomic E-state index is 0.0503. The van der Waals surface area contributed by atoms with Crippen molar-refractivity contribution in [3.63, 3.8) is 0 Å². The molecule has 0 unspecified atom stereocenters. The smallest absolute Gasteiger partial charge is 0.257 e. The fourth-order valence-electron chi connectivity index (χ4n) is 2.19. The number of carbonyl (C=O) groups excluding carboxylic acids is 1. The zero-order chi connectivity index (χ0) is 17.3. The number of carbonyl (C=O) groups is 1. The molecule has 2 aromatic carbocycles. The van der Waals surface area contributed by atoms with Crippen molar-refractivity contribution < 1.29 is 13.2 Å². The molecule has 3 rings (SSSR count). The third kappa shape index (κ3) is 3.92. The third-order valence-corrected chi connectivity index (χ3v) is 5.33. The van der Waals surface area contributed by atoms with E-state index in [1.54, 1.807) is 30.3 Å². The molecule has 0 spiro atoms. The van der Waals surface area contributed by atoms with Crippen LogP contribution in [0.15, 0.2) is 42.5 Å². The van der Waals surface area contributed by atoms with E-state index in [0.29, 0.717) is 26.8 Å². The number of halogens is 1. The molecular weight excluding hydrogens is 368 g/mol. The molecule has 0 fully saturated rings. The highest BCUT2D eigenvalue weighted by atomic mass is 35.5. The molecular formula is C16H13ClN2O3S2. The van der Waals surface area contributed by atoms with Crippen molar-refractivity contribution >= 4 is 54.0 Å². The van der Waals surface area contributed by atoms with Crippen LogP contribution in [0.2, 0.25) is 5.02 Å². The molecule has 0 saturated carbocycles. The highest BCUT2D eigenvalue weighted by Gasteiger charge is 2.12. The number of sulfone groups is 1. The van der Waals surface area contributed by atoms with Crippen LogP contribution < -0.4 is 5.32 Å². The Labute approximate surface area is 148 Å². The zero-order valence-corrected chi connectivity index (χ0v) is 15.0. The van der Waals surface area contributed by atoms with Gasteiger partial charge in [-0.15, -0.1) is 0 Å². The lowest BCUT2D eigenvalue weighted by atomic mass is 10.1. The molecule has 0 aliphatic carbocycles. The summed E-state index contributed by atoms with van der Waals surface area (Å²) in [7, 11) is -3.10. The predicted octanol–water partition coefficient (Wildman–Crippen LogP) is 3.75. The molecule has 8 heteroatoms. The standard InChI is InChI=1S/C16H13ClN2O3S2/c1-24(21,22)9-10-5-7-11(8-6-10)15(20)19-16-18-14-12(17)3-2-4-13(14)23-16/h2-8H,9H2,1H3,(H,18,19,20). The lowest BCUT2D eigenvalue weighted by molar-refractivity contribution is 0.102. The summed E-state index contributed by atoms with van der Waals surface area (Å²) in [6, 6.07) is 11.9. The van der Waals surface area contributed by atoms with Crippen molar-refractivity contribution in [2.75, 3.05) is 11.6 Å². The van der Waals surface area contributed by atoms with E-state index in [2.05, 4.69) is 10.3 Å². The Bertz CT molecular complexity index is 1010. The number of fused-ring (bicyclic) bond motifs is 1. The summed E-state index contributed by atoms with van der Waals surface area (Å²) >= 11 is 7.42. The molecule has 0 radical (unpaired) electrons. The number of para-hydroxylation sites is 1. The lowest BCUT2D eigenvalue weighted by Crippen LogP contribution is -2.11. The molecule has 0 bridgehead atoms. The van der Waals surface area contributed by atoms with E-state index < -0.39 is 9.84 Å². The Kier molecular flexibility index (Phi) is 4.58. The average molecular weight is 381 g/mol. The van der Waals surface area contributed by atoms with Crippen LogP contribution >= 0.6 is 22.9 Å². The van der Waals surface area contributed by atoms with Gasteiger partial charge >= 0.3 is 0 Å². The molecule has 0 saturated heterocycles. The van der Waals surface area contributed by atoms with E-state index in [1.165, 1.54) is 17.6 Å². The van der Waals surface area contributed by atoms with Crippen LogP contribution in [0.4, 0.5) is 5.13 Å². The Morgan fingerprint density at radius 1 is 1.21 bits per heavy atom. The molecule has 0 atom stereocenters. The summed E-state index contributed by atoms with van der Waals surface area (Å²) in [6.07, 6.45) is 1.17. The van der Waals surface area contributed by atoms with Crippen molar-refractivity contribution in [3.05, 3.63) is 58.6 Å². The van der Waals surface area contributed by atoms with Crippen molar-refractivity contribution in [1.29, 1.82) is 0 Å². The van der Waals surface area contributed by atoms with Crippen LogP contribution in [-0.4, -0.2) is 25.6 Å². The van der Waals surface area contributed by atoms with Gasteiger partial charge < -0.3 is 0 Å². The maximum Gasteiger partial charge on any atom is 0.257 e. The number of thiazole rings is 1. The maximum absolute atomic E-state index is 12.3. The van der Waals surface area contributed by atoms with Crippen LogP contribution in [0.25, 0.3) is 10.2 Å². The van der Waals surface area contributed by atoms with Crippen molar-refractivity contribution in [1.82, 2.24) is 4.98 Å².